The first kappa shape index (κ1) is 20.6. The van der Waals surface area contributed by atoms with Gasteiger partial charge in [0.25, 0.3) is 0 Å². The van der Waals surface area contributed by atoms with Gasteiger partial charge in [-0.2, -0.15) is 4.99 Å². The topological polar surface area (TPSA) is 123 Å². The molecule has 0 amide bonds. The largest absolute Gasteiger partial charge is 0.454 e. The second-order valence-corrected chi connectivity index (χ2v) is 7.73. The molecule has 1 fully saturated rings. The fourth-order valence-corrected chi connectivity index (χ4v) is 4.16. The van der Waals surface area contributed by atoms with Crippen LogP contribution >= 0.6 is 0 Å². The van der Waals surface area contributed by atoms with Gasteiger partial charge in [0.05, 0.1) is 5.56 Å². The van der Waals surface area contributed by atoms with Crippen molar-refractivity contribution in [2.24, 2.45) is 21.5 Å². The second kappa shape index (κ2) is 8.59. The molecular formula is C23H25N5O3. The molecule has 4 rings (SSSR count). The lowest BCUT2D eigenvalue weighted by molar-refractivity contribution is 0.0475. The van der Waals surface area contributed by atoms with Crippen LogP contribution in [-0.2, 0) is 4.74 Å². The van der Waals surface area contributed by atoms with Crippen molar-refractivity contribution >= 4 is 29.4 Å². The third-order valence-electron chi connectivity index (χ3n) is 5.64. The summed E-state index contributed by atoms with van der Waals surface area (Å²) in [5.74, 6) is -0.333. The first-order chi connectivity index (χ1) is 15.0. The van der Waals surface area contributed by atoms with Crippen LogP contribution in [-0.4, -0.2) is 35.9 Å². The summed E-state index contributed by atoms with van der Waals surface area (Å²) in [4.78, 5) is 35.2. The number of guanidine groups is 2. The van der Waals surface area contributed by atoms with E-state index in [0.717, 1.165) is 37.8 Å². The van der Waals surface area contributed by atoms with Gasteiger partial charge in [0.1, 0.15) is 5.66 Å². The number of hydrogen-bond donors (Lipinski definition) is 2. The summed E-state index contributed by atoms with van der Waals surface area (Å²) >= 11 is 0. The van der Waals surface area contributed by atoms with Crippen LogP contribution in [0.1, 0.15) is 52.8 Å². The first-order valence-electron chi connectivity index (χ1n) is 10.3. The Morgan fingerprint density at radius 3 is 2.29 bits per heavy atom. The molecule has 1 aliphatic heterocycles. The molecule has 1 heterocycles. The standard InChI is InChI=1S/C23H25N5O3/c24-21-26-22(25)28(23(27-21)13-5-2-6-14-23)18-11-9-17(10-12-18)20(30)31-15-19(29)16-7-3-1-4-8-16/h1,3-4,7-12H,2,5-6,13-15H2,(H4,24,25,26,27). The van der Waals surface area contributed by atoms with Crippen molar-refractivity contribution in [2.75, 3.05) is 11.5 Å². The number of carbonyl (C=O) groups is 2. The Kier molecular flexibility index (Phi) is 5.70. The third-order valence-corrected chi connectivity index (χ3v) is 5.64. The summed E-state index contributed by atoms with van der Waals surface area (Å²) in [7, 11) is 0. The van der Waals surface area contributed by atoms with Gasteiger partial charge in [-0.3, -0.25) is 9.69 Å². The van der Waals surface area contributed by atoms with Gasteiger partial charge in [-0.15, -0.1) is 0 Å². The molecule has 2 aromatic carbocycles. The minimum absolute atomic E-state index is 0.193. The highest BCUT2D eigenvalue weighted by Crippen LogP contribution is 2.39. The van der Waals surface area contributed by atoms with Gasteiger partial charge in [-0.1, -0.05) is 36.8 Å². The van der Waals surface area contributed by atoms with Crippen molar-refractivity contribution in [1.82, 2.24) is 0 Å². The van der Waals surface area contributed by atoms with Gasteiger partial charge in [0.2, 0.25) is 11.9 Å². The minimum atomic E-state index is -0.564. The Balaban J connectivity index is 1.47. The smallest absolute Gasteiger partial charge is 0.338 e. The molecule has 160 valence electrons. The maximum Gasteiger partial charge on any atom is 0.338 e. The van der Waals surface area contributed by atoms with Crippen LogP contribution in [0, 0.1) is 0 Å². The van der Waals surface area contributed by atoms with Gasteiger partial charge in [-0.25, -0.2) is 9.79 Å². The monoisotopic (exact) mass is 419 g/mol. The Morgan fingerprint density at radius 1 is 0.935 bits per heavy atom. The number of nitrogens with two attached hydrogens (primary N) is 2. The maximum absolute atomic E-state index is 12.4. The summed E-state index contributed by atoms with van der Waals surface area (Å²) in [6.45, 7) is -0.312. The normalized spacial score (nSPS) is 17.6. The number of anilines is 1. The van der Waals surface area contributed by atoms with Gasteiger partial charge in [0, 0.05) is 11.3 Å². The van der Waals surface area contributed by atoms with E-state index in [4.69, 9.17) is 16.2 Å². The van der Waals surface area contributed by atoms with E-state index in [-0.39, 0.29) is 24.3 Å². The van der Waals surface area contributed by atoms with Crippen LogP contribution in [0.4, 0.5) is 5.69 Å². The number of benzene rings is 2. The zero-order valence-electron chi connectivity index (χ0n) is 17.2. The number of rotatable bonds is 5. The lowest BCUT2D eigenvalue weighted by atomic mass is 9.87. The van der Waals surface area contributed by atoms with Gasteiger partial charge >= 0.3 is 5.97 Å². The molecule has 1 aliphatic carbocycles. The summed E-state index contributed by atoms with van der Waals surface area (Å²) in [5.41, 5.74) is 13.2. The van der Waals surface area contributed by atoms with Crippen LogP contribution in [0.2, 0.25) is 0 Å². The average molecular weight is 419 g/mol. The van der Waals surface area contributed by atoms with E-state index >= 15 is 0 Å². The Morgan fingerprint density at radius 2 is 1.61 bits per heavy atom. The van der Waals surface area contributed by atoms with Crippen LogP contribution < -0.4 is 16.4 Å². The lowest BCUT2D eigenvalue weighted by Crippen LogP contribution is -2.58. The highest BCUT2D eigenvalue weighted by Gasteiger charge is 2.42. The Bertz CT molecular complexity index is 1020. The molecule has 2 aliphatic rings. The highest BCUT2D eigenvalue weighted by molar-refractivity contribution is 6.06. The van der Waals surface area contributed by atoms with Gasteiger partial charge < -0.3 is 16.2 Å². The SMILES string of the molecule is NC1=NC2(CCCCC2)N(c2ccc(C(=O)OCC(=O)c3ccccc3)cc2)C(N)=N1. The van der Waals surface area contributed by atoms with Crippen molar-refractivity contribution in [2.45, 2.75) is 37.8 Å². The predicted octanol–water partition coefficient (Wildman–Crippen LogP) is 2.84. The molecule has 1 spiro atoms. The summed E-state index contributed by atoms with van der Waals surface area (Å²) in [6, 6.07) is 15.6. The maximum atomic E-state index is 12.4. The molecule has 2 aromatic rings. The molecular weight excluding hydrogens is 394 g/mol. The Hall–Kier alpha value is -3.68. The van der Waals surface area contributed by atoms with E-state index in [1.165, 1.54) is 0 Å². The molecule has 0 aromatic heterocycles. The van der Waals surface area contributed by atoms with E-state index in [2.05, 4.69) is 9.98 Å². The fourth-order valence-electron chi connectivity index (χ4n) is 4.16. The van der Waals surface area contributed by atoms with Crippen LogP contribution in [0.3, 0.4) is 0 Å². The van der Waals surface area contributed by atoms with Crippen molar-refractivity contribution in [1.29, 1.82) is 0 Å². The third kappa shape index (κ3) is 4.28. The fraction of sp³-hybridized carbons (Fsp3) is 0.304. The van der Waals surface area contributed by atoms with E-state index in [1.54, 1.807) is 48.5 Å². The van der Waals surface area contributed by atoms with Crippen LogP contribution in [0.5, 0.6) is 0 Å². The van der Waals surface area contributed by atoms with E-state index in [0.29, 0.717) is 11.1 Å². The van der Waals surface area contributed by atoms with Gasteiger partial charge in [0.15, 0.2) is 12.4 Å². The van der Waals surface area contributed by atoms with Crippen LogP contribution in [0.15, 0.2) is 64.6 Å². The molecule has 1 saturated carbocycles. The minimum Gasteiger partial charge on any atom is -0.454 e. The number of Topliss-reactive ketones (excluding diaryl/α,β-unsaturated/α-hetero) is 1. The van der Waals surface area contributed by atoms with Crippen molar-refractivity contribution < 1.29 is 14.3 Å². The number of nitrogens with zero attached hydrogens (tertiary/aromatic N) is 3. The number of ether oxygens (including phenoxy) is 1. The van der Waals surface area contributed by atoms with Crippen LogP contribution in [0.25, 0.3) is 0 Å². The summed E-state index contributed by atoms with van der Waals surface area (Å²) in [6.07, 6.45) is 4.86. The van der Waals surface area contributed by atoms with E-state index in [1.807, 2.05) is 11.0 Å². The Labute approximate surface area is 180 Å². The molecule has 4 N–H and O–H groups in total. The summed E-state index contributed by atoms with van der Waals surface area (Å²) in [5, 5.41) is 0. The number of hydrogen-bond acceptors (Lipinski definition) is 8. The van der Waals surface area contributed by atoms with Crippen molar-refractivity contribution in [3.63, 3.8) is 0 Å². The quantitative estimate of drug-likeness (QED) is 0.567. The average Bonchev–Trinajstić information content (AvgIpc) is 2.78. The molecule has 8 nitrogen and oxygen atoms in total. The molecule has 31 heavy (non-hydrogen) atoms. The lowest BCUT2D eigenvalue weighted by Gasteiger charge is -2.45. The highest BCUT2D eigenvalue weighted by atomic mass is 16.5. The predicted molar refractivity (Wildman–Crippen MR) is 119 cm³/mol. The summed E-state index contributed by atoms with van der Waals surface area (Å²) < 4.78 is 5.19. The number of aliphatic imine (C=N–C) groups is 2. The number of ketones is 1. The molecule has 0 unspecified atom stereocenters. The van der Waals surface area contributed by atoms with Crippen molar-refractivity contribution in [3.8, 4) is 0 Å². The van der Waals surface area contributed by atoms with Crippen molar-refractivity contribution in [3.05, 3.63) is 65.7 Å². The molecule has 0 radical (unpaired) electrons. The zero-order chi connectivity index (χ0) is 21.8. The van der Waals surface area contributed by atoms with Gasteiger partial charge in [-0.05, 0) is 49.9 Å². The van der Waals surface area contributed by atoms with E-state index in [9.17, 15) is 9.59 Å². The number of carbonyl (C=O) groups excluding carboxylic acids is 2. The molecule has 0 saturated heterocycles. The zero-order valence-corrected chi connectivity index (χ0v) is 17.2. The molecule has 0 atom stereocenters. The van der Waals surface area contributed by atoms with E-state index < -0.39 is 11.6 Å². The second-order valence-electron chi connectivity index (χ2n) is 7.73. The molecule has 0 bridgehead atoms. The molecule has 8 heteroatoms. The first-order valence-corrected chi connectivity index (χ1v) is 10.3. The number of esters is 1.